The summed E-state index contributed by atoms with van der Waals surface area (Å²) in [5, 5.41) is 2.61. The van der Waals surface area contributed by atoms with E-state index in [2.05, 4.69) is 24.4 Å². The Kier molecular flexibility index (Phi) is 3.06. The highest BCUT2D eigenvalue weighted by molar-refractivity contribution is 7.15. The SMILES string of the molecule is CNC(=O)c1ccc(-c2ccc(C)s2)cc1. The summed E-state index contributed by atoms with van der Waals surface area (Å²) < 4.78 is 0. The third-order valence-electron chi connectivity index (χ3n) is 2.40. The zero-order valence-electron chi connectivity index (χ0n) is 9.28. The average molecular weight is 231 g/mol. The zero-order chi connectivity index (χ0) is 11.5. The molecule has 0 aliphatic rings. The van der Waals surface area contributed by atoms with Crippen LogP contribution in [-0.2, 0) is 0 Å². The molecule has 2 rings (SSSR count). The van der Waals surface area contributed by atoms with Crippen molar-refractivity contribution in [2.75, 3.05) is 7.05 Å². The van der Waals surface area contributed by atoms with E-state index < -0.39 is 0 Å². The number of aryl methyl sites for hydroxylation is 1. The van der Waals surface area contributed by atoms with Crippen LogP contribution in [0.4, 0.5) is 0 Å². The van der Waals surface area contributed by atoms with Crippen LogP contribution in [0.3, 0.4) is 0 Å². The number of benzene rings is 1. The Morgan fingerprint density at radius 3 is 2.31 bits per heavy atom. The highest BCUT2D eigenvalue weighted by atomic mass is 32.1. The van der Waals surface area contributed by atoms with Crippen molar-refractivity contribution in [3.05, 3.63) is 46.8 Å². The van der Waals surface area contributed by atoms with Crippen LogP contribution in [0.25, 0.3) is 10.4 Å². The molecule has 0 aliphatic heterocycles. The molecule has 0 spiro atoms. The molecule has 82 valence electrons. The molecular weight excluding hydrogens is 218 g/mol. The van der Waals surface area contributed by atoms with Crippen molar-refractivity contribution < 1.29 is 4.79 Å². The van der Waals surface area contributed by atoms with Gasteiger partial charge in [0.25, 0.3) is 5.91 Å². The lowest BCUT2D eigenvalue weighted by Crippen LogP contribution is -2.17. The number of nitrogens with one attached hydrogen (secondary N) is 1. The van der Waals surface area contributed by atoms with E-state index in [1.807, 2.05) is 24.3 Å². The van der Waals surface area contributed by atoms with Gasteiger partial charge in [-0.15, -0.1) is 11.3 Å². The Labute approximate surface area is 98.9 Å². The lowest BCUT2D eigenvalue weighted by Gasteiger charge is -2.01. The number of hydrogen-bond donors (Lipinski definition) is 1. The minimum atomic E-state index is -0.0473. The Morgan fingerprint density at radius 2 is 1.81 bits per heavy atom. The van der Waals surface area contributed by atoms with Crippen LogP contribution in [0.2, 0.25) is 0 Å². The van der Waals surface area contributed by atoms with Crippen molar-refractivity contribution in [3.8, 4) is 10.4 Å². The van der Waals surface area contributed by atoms with Crippen LogP contribution in [-0.4, -0.2) is 13.0 Å². The summed E-state index contributed by atoms with van der Waals surface area (Å²) in [5.74, 6) is -0.0473. The molecule has 0 unspecified atom stereocenters. The van der Waals surface area contributed by atoms with Crippen molar-refractivity contribution in [1.82, 2.24) is 5.32 Å². The average Bonchev–Trinajstić information content (AvgIpc) is 2.75. The van der Waals surface area contributed by atoms with Gasteiger partial charge < -0.3 is 5.32 Å². The fourth-order valence-electron chi connectivity index (χ4n) is 1.52. The van der Waals surface area contributed by atoms with Gasteiger partial charge >= 0.3 is 0 Å². The summed E-state index contributed by atoms with van der Waals surface area (Å²) >= 11 is 1.76. The van der Waals surface area contributed by atoms with Gasteiger partial charge in [0.2, 0.25) is 0 Å². The van der Waals surface area contributed by atoms with E-state index in [9.17, 15) is 4.79 Å². The molecule has 16 heavy (non-hydrogen) atoms. The van der Waals surface area contributed by atoms with Gasteiger partial charge in [0, 0.05) is 22.4 Å². The number of thiophene rings is 1. The van der Waals surface area contributed by atoms with E-state index >= 15 is 0 Å². The largest absolute Gasteiger partial charge is 0.355 e. The summed E-state index contributed by atoms with van der Waals surface area (Å²) in [6, 6.07) is 11.9. The monoisotopic (exact) mass is 231 g/mol. The van der Waals surface area contributed by atoms with Crippen LogP contribution in [0.15, 0.2) is 36.4 Å². The second-order valence-electron chi connectivity index (χ2n) is 3.57. The second-order valence-corrected chi connectivity index (χ2v) is 4.85. The lowest BCUT2D eigenvalue weighted by molar-refractivity contribution is 0.0963. The summed E-state index contributed by atoms with van der Waals surface area (Å²) in [6.45, 7) is 2.09. The molecule has 0 aliphatic carbocycles. The molecule has 0 fully saturated rings. The van der Waals surface area contributed by atoms with E-state index in [0.717, 1.165) is 5.56 Å². The third kappa shape index (κ3) is 2.14. The van der Waals surface area contributed by atoms with E-state index in [0.29, 0.717) is 5.56 Å². The number of rotatable bonds is 2. The minimum Gasteiger partial charge on any atom is -0.355 e. The Bertz CT molecular complexity index is 499. The predicted octanol–water partition coefficient (Wildman–Crippen LogP) is 3.08. The maximum Gasteiger partial charge on any atom is 0.251 e. The van der Waals surface area contributed by atoms with Crippen LogP contribution in [0, 0.1) is 6.92 Å². The minimum absolute atomic E-state index is 0.0473. The molecule has 0 atom stereocenters. The summed E-state index contributed by atoms with van der Waals surface area (Å²) in [7, 11) is 1.64. The van der Waals surface area contributed by atoms with Crippen molar-refractivity contribution >= 4 is 17.2 Å². The number of hydrogen-bond acceptors (Lipinski definition) is 2. The molecule has 3 heteroatoms. The fraction of sp³-hybridized carbons (Fsp3) is 0.154. The third-order valence-corrected chi connectivity index (χ3v) is 3.45. The highest BCUT2D eigenvalue weighted by Gasteiger charge is 2.04. The van der Waals surface area contributed by atoms with E-state index in [1.165, 1.54) is 9.75 Å². The van der Waals surface area contributed by atoms with Gasteiger partial charge in [0.1, 0.15) is 0 Å². The van der Waals surface area contributed by atoms with Crippen LogP contribution < -0.4 is 5.32 Å². The van der Waals surface area contributed by atoms with Crippen molar-refractivity contribution in [3.63, 3.8) is 0 Å². The molecule has 1 N–H and O–H groups in total. The van der Waals surface area contributed by atoms with Gasteiger partial charge in [0.15, 0.2) is 0 Å². The normalized spacial score (nSPS) is 10.1. The van der Waals surface area contributed by atoms with Crippen molar-refractivity contribution in [1.29, 1.82) is 0 Å². The Balaban J connectivity index is 2.29. The maximum absolute atomic E-state index is 11.4. The van der Waals surface area contributed by atoms with Gasteiger partial charge in [0.05, 0.1) is 0 Å². The molecule has 0 saturated carbocycles. The van der Waals surface area contributed by atoms with Crippen molar-refractivity contribution in [2.24, 2.45) is 0 Å². The molecule has 0 saturated heterocycles. The highest BCUT2D eigenvalue weighted by Crippen LogP contribution is 2.27. The first-order valence-corrected chi connectivity index (χ1v) is 5.91. The smallest absolute Gasteiger partial charge is 0.251 e. The molecule has 0 radical (unpaired) electrons. The lowest BCUT2D eigenvalue weighted by atomic mass is 10.1. The first kappa shape index (κ1) is 10.9. The van der Waals surface area contributed by atoms with Gasteiger partial charge in [-0.3, -0.25) is 4.79 Å². The quantitative estimate of drug-likeness (QED) is 0.845. The Morgan fingerprint density at radius 1 is 1.12 bits per heavy atom. The first-order valence-electron chi connectivity index (χ1n) is 5.09. The molecule has 1 amide bonds. The molecule has 0 bridgehead atoms. The van der Waals surface area contributed by atoms with E-state index in [4.69, 9.17) is 0 Å². The molecule has 1 heterocycles. The van der Waals surface area contributed by atoms with Gasteiger partial charge in [-0.1, -0.05) is 12.1 Å². The molecule has 1 aromatic heterocycles. The first-order chi connectivity index (χ1) is 7.70. The molecule has 2 aromatic rings. The van der Waals surface area contributed by atoms with Gasteiger partial charge in [-0.05, 0) is 36.8 Å². The summed E-state index contributed by atoms with van der Waals surface area (Å²) in [6.07, 6.45) is 0. The molecular formula is C13H13NOS. The van der Waals surface area contributed by atoms with Crippen molar-refractivity contribution in [2.45, 2.75) is 6.92 Å². The van der Waals surface area contributed by atoms with E-state index in [1.54, 1.807) is 18.4 Å². The van der Waals surface area contributed by atoms with Crippen LogP contribution >= 0.6 is 11.3 Å². The summed E-state index contributed by atoms with van der Waals surface area (Å²) in [5.41, 5.74) is 1.85. The van der Waals surface area contributed by atoms with Crippen LogP contribution in [0.1, 0.15) is 15.2 Å². The Hall–Kier alpha value is -1.61. The summed E-state index contributed by atoms with van der Waals surface area (Å²) in [4.78, 5) is 13.9. The number of amides is 1. The maximum atomic E-state index is 11.4. The topological polar surface area (TPSA) is 29.1 Å². The molecule has 1 aromatic carbocycles. The standard InChI is InChI=1S/C13H13NOS/c1-9-3-8-12(16-9)10-4-6-11(7-5-10)13(15)14-2/h3-8H,1-2H3,(H,14,15). The second kappa shape index (κ2) is 4.49. The predicted molar refractivity (Wildman–Crippen MR) is 67.9 cm³/mol. The fourth-order valence-corrected chi connectivity index (χ4v) is 2.39. The zero-order valence-corrected chi connectivity index (χ0v) is 10.1. The van der Waals surface area contributed by atoms with E-state index in [-0.39, 0.29) is 5.91 Å². The van der Waals surface area contributed by atoms with Gasteiger partial charge in [-0.2, -0.15) is 0 Å². The van der Waals surface area contributed by atoms with Gasteiger partial charge in [-0.25, -0.2) is 0 Å². The molecule has 2 nitrogen and oxygen atoms in total. The van der Waals surface area contributed by atoms with Crippen LogP contribution in [0.5, 0.6) is 0 Å². The number of carbonyl (C=O) groups excluding carboxylic acids is 1. The number of carbonyl (C=O) groups is 1.